The van der Waals surface area contributed by atoms with Gasteiger partial charge < -0.3 is 5.11 Å². The van der Waals surface area contributed by atoms with E-state index >= 15 is 0 Å². The minimum absolute atomic E-state index is 0.415. The number of rotatable bonds is 3. The van der Waals surface area contributed by atoms with Crippen LogP contribution in [0.3, 0.4) is 0 Å². The van der Waals surface area contributed by atoms with Gasteiger partial charge in [0.05, 0.1) is 15.4 Å². The van der Waals surface area contributed by atoms with Gasteiger partial charge in [-0.2, -0.15) is 0 Å². The van der Waals surface area contributed by atoms with Crippen LogP contribution in [0.2, 0.25) is 0 Å². The lowest BCUT2D eigenvalue weighted by atomic mass is 10.2. The summed E-state index contributed by atoms with van der Waals surface area (Å²) in [6.45, 7) is 0. The Hall–Kier alpha value is -1.45. The van der Waals surface area contributed by atoms with Gasteiger partial charge in [-0.25, -0.2) is 26.8 Å². The minimum Gasteiger partial charge on any atom is -0.478 e. The minimum atomic E-state index is -4.17. The van der Waals surface area contributed by atoms with E-state index < -0.39 is 41.2 Å². The Labute approximate surface area is 97.8 Å². The molecule has 0 spiro atoms. The first-order chi connectivity index (χ1) is 7.51. The summed E-state index contributed by atoms with van der Waals surface area (Å²) in [7, 11) is -7.89. The van der Waals surface area contributed by atoms with E-state index in [4.69, 9.17) is 10.2 Å². The highest BCUT2D eigenvalue weighted by molar-refractivity contribution is 7.91. The Morgan fingerprint density at radius 1 is 1.12 bits per heavy atom. The van der Waals surface area contributed by atoms with Gasteiger partial charge in [-0.1, -0.05) is 0 Å². The molecule has 0 amide bonds. The van der Waals surface area contributed by atoms with E-state index in [0.29, 0.717) is 0 Å². The number of sulfonamides is 1. The average Bonchev–Trinajstić information content (AvgIpc) is 2.14. The van der Waals surface area contributed by atoms with Crippen LogP contribution in [0.5, 0.6) is 0 Å². The number of benzene rings is 1. The van der Waals surface area contributed by atoms with Crippen molar-refractivity contribution in [1.29, 1.82) is 0 Å². The van der Waals surface area contributed by atoms with E-state index in [1.807, 2.05) is 0 Å². The third-order valence-electron chi connectivity index (χ3n) is 1.88. The zero-order valence-electron chi connectivity index (χ0n) is 8.61. The zero-order valence-corrected chi connectivity index (χ0v) is 10.2. The Balaban J connectivity index is 3.68. The maximum Gasteiger partial charge on any atom is 0.335 e. The largest absolute Gasteiger partial charge is 0.478 e. The predicted molar refractivity (Wildman–Crippen MR) is 57.9 cm³/mol. The van der Waals surface area contributed by atoms with Crippen molar-refractivity contribution in [2.24, 2.45) is 5.14 Å². The number of hydrogen-bond donors (Lipinski definition) is 2. The van der Waals surface area contributed by atoms with E-state index in [2.05, 4.69) is 0 Å². The van der Waals surface area contributed by atoms with Gasteiger partial charge in [0.1, 0.15) is 0 Å². The summed E-state index contributed by atoms with van der Waals surface area (Å²) < 4.78 is 44.7. The fourth-order valence-corrected chi connectivity index (χ4v) is 2.41. The van der Waals surface area contributed by atoms with Crippen LogP contribution in [0.4, 0.5) is 0 Å². The van der Waals surface area contributed by atoms with Crippen molar-refractivity contribution < 1.29 is 26.7 Å². The van der Waals surface area contributed by atoms with Crippen molar-refractivity contribution in [2.75, 3.05) is 6.26 Å². The summed E-state index contributed by atoms with van der Waals surface area (Å²) in [5.41, 5.74) is -0.461. The lowest BCUT2D eigenvalue weighted by molar-refractivity contribution is 0.0696. The average molecular weight is 279 g/mol. The molecule has 0 atom stereocenters. The molecule has 1 aromatic rings. The van der Waals surface area contributed by atoms with Crippen molar-refractivity contribution in [3.8, 4) is 0 Å². The van der Waals surface area contributed by atoms with Crippen molar-refractivity contribution in [3.05, 3.63) is 23.8 Å². The summed E-state index contributed by atoms with van der Waals surface area (Å²) in [5.74, 6) is -1.44. The molecule has 0 aliphatic heterocycles. The third-order valence-corrected chi connectivity index (χ3v) is 3.87. The molecule has 9 heteroatoms. The van der Waals surface area contributed by atoms with Gasteiger partial charge in [0.25, 0.3) is 0 Å². The molecule has 0 radical (unpaired) electrons. The maximum absolute atomic E-state index is 11.3. The van der Waals surface area contributed by atoms with Gasteiger partial charge in [-0.05, 0) is 18.2 Å². The maximum atomic E-state index is 11.3. The number of primary sulfonamides is 1. The Morgan fingerprint density at radius 2 is 1.59 bits per heavy atom. The lowest BCUT2D eigenvalue weighted by Crippen LogP contribution is -2.14. The highest BCUT2D eigenvalue weighted by atomic mass is 32.2. The van der Waals surface area contributed by atoms with Gasteiger partial charge in [0, 0.05) is 6.26 Å². The van der Waals surface area contributed by atoms with Gasteiger partial charge in [0.15, 0.2) is 9.84 Å². The molecular weight excluding hydrogens is 270 g/mol. The molecule has 1 aromatic carbocycles. The van der Waals surface area contributed by atoms with Crippen LogP contribution in [-0.2, 0) is 19.9 Å². The van der Waals surface area contributed by atoms with E-state index in [1.54, 1.807) is 0 Å². The number of carbonyl (C=O) groups is 1. The molecule has 3 N–H and O–H groups in total. The second-order valence-corrected chi connectivity index (χ2v) is 6.89. The van der Waals surface area contributed by atoms with Crippen LogP contribution >= 0.6 is 0 Å². The van der Waals surface area contributed by atoms with E-state index in [-0.39, 0.29) is 0 Å². The normalized spacial score (nSPS) is 12.4. The summed E-state index contributed by atoms with van der Waals surface area (Å²) in [4.78, 5) is 9.76. The topological polar surface area (TPSA) is 132 Å². The molecule has 0 bridgehead atoms. The second-order valence-electron chi connectivity index (χ2n) is 3.32. The van der Waals surface area contributed by atoms with Gasteiger partial charge in [0.2, 0.25) is 10.0 Å². The number of hydrogen-bond acceptors (Lipinski definition) is 5. The van der Waals surface area contributed by atoms with E-state index in [9.17, 15) is 21.6 Å². The van der Waals surface area contributed by atoms with Gasteiger partial charge in [-0.15, -0.1) is 0 Å². The quantitative estimate of drug-likeness (QED) is 0.762. The molecule has 0 aromatic heterocycles. The molecule has 0 aliphatic carbocycles. The van der Waals surface area contributed by atoms with Crippen molar-refractivity contribution in [3.63, 3.8) is 0 Å². The summed E-state index contributed by atoms with van der Waals surface area (Å²) in [6, 6.07) is 2.48. The Bertz CT molecular complexity index is 624. The zero-order chi connectivity index (χ0) is 13.4. The number of sulfone groups is 1. The first kappa shape index (κ1) is 13.6. The van der Waals surface area contributed by atoms with Gasteiger partial charge in [-0.3, -0.25) is 0 Å². The van der Waals surface area contributed by atoms with E-state index in [0.717, 1.165) is 24.5 Å². The smallest absolute Gasteiger partial charge is 0.335 e. The van der Waals surface area contributed by atoms with Crippen LogP contribution in [0.1, 0.15) is 10.4 Å². The summed E-state index contributed by atoms with van der Waals surface area (Å²) in [6.07, 6.45) is 0.834. The number of aromatic carboxylic acids is 1. The summed E-state index contributed by atoms with van der Waals surface area (Å²) >= 11 is 0. The molecule has 0 saturated heterocycles. The summed E-state index contributed by atoms with van der Waals surface area (Å²) in [5, 5.41) is 13.6. The molecule has 0 saturated carbocycles. The molecule has 1 rings (SSSR count). The number of nitrogens with two attached hydrogens (primary N) is 1. The van der Waals surface area contributed by atoms with E-state index in [1.165, 1.54) is 0 Å². The number of carboxylic acids is 1. The lowest BCUT2D eigenvalue weighted by Gasteiger charge is -2.04. The highest BCUT2D eigenvalue weighted by Gasteiger charge is 2.18. The fraction of sp³-hybridized carbons (Fsp3) is 0.125. The standard InChI is InChI=1S/C8H9NO6S2/c1-16(12,13)6-2-5(8(10)11)3-7(4-6)17(9,14)15/h2-4H,1H3,(H,10,11)(H2,9,14,15). The van der Waals surface area contributed by atoms with Crippen molar-refractivity contribution in [2.45, 2.75) is 9.79 Å². The van der Waals surface area contributed by atoms with Crippen LogP contribution in [0.15, 0.2) is 28.0 Å². The molecule has 7 nitrogen and oxygen atoms in total. The van der Waals surface area contributed by atoms with Crippen LogP contribution in [-0.4, -0.2) is 34.2 Å². The molecule has 17 heavy (non-hydrogen) atoms. The number of carboxylic acid groups (broad SMARTS) is 1. The SMILES string of the molecule is CS(=O)(=O)c1cc(C(=O)O)cc(S(N)(=O)=O)c1. The monoisotopic (exact) mass is 279 g/mol. The Kier molecular flexibility index (Phi) is 3.28. The van der Waals surface area contributed by atoms with Crippen molar-refractivity contribution >= 4 is 25.8 Å². The molecule has 0 heterocycles. The fourth-order valence-electron chi connectivity index (χ4n) is 1.07. The molecule has 0 fully saturated rings. The molecule has 94 valence electrons. The molecular formula is C8H9NO6S2. The second kappa shape index (κ2) is 4.09. The molecule has 0 unspecified atom stereocenters. The van der Waals surface area contributed by atoms with Gasteiger partial charge >= 0.3 is 5.97 Å². The van der Waals surface area contributed by atoms with Crippen LogP contribution < -0.4 is 5.14 Å². The third kappa shape index (κ3) is 3.25. The predicted octanol–water partition coefficient (Wildman–Crippen LogP) is -0.564. The van der Waals surface area contributed by atoms with Crippen molar-refractivity contribution in [1.82, 2.24) is 0 Å². The highest BCUT2D eigenvalue weighted by Crippen LogP contribution is 2.18. The Morgan fingerprint density at radius 3 is 1.94 bits per heavy atom. The molecule has 0 aliphatic rings. The van der Waals surface area contributed by atoms with Crippen LogP contribution in [0, 0.1) is 0 Å². The first-order valence-corrected chi connectivity index (χ1v) is 7.57. The first-order valence-electron chi connectivity index (χ1n) is 4.13. The van der Waals surface area contributed by atoms with Crippen LogP contribution in [0.25, 0.3) is 0 Å².